The minimum absolute atomic E-state index is 0.0660. The summed E-state index contributed by atoms with van der Waals surface area (Å²) in [6.45, 7) is 2.00. The SMILES string of the molecule is CC(Nc1ccc(C(=O)O)cc1)c1ccc(O)cc1. The van der Waals surface area contributed by atoms with Crippen LogP contribution in [-0.4, -0.2) is 16.2 Å². The zero-order valence-corrected chi connectivity index (χ0v) is 10.5. The smallest absolute Gasteiger partial charge is 0.335 e. The van der Waals surface area contributed by atoms with Gasteiger partial charge in [0.15, 0.2) is 0 Å². The molecule has 0 spiro atoms. The van der Waals surface area contributed by atoms with Gasteiger partial charge in [0, 0.05) is 11.7 Å². The fourth-order valence-electron chi connectivity index (χ4n) is 1.81. The summed E-state index contributed by atoms with van der Waals surface area (Å²) in [5.74, 6) is -0.695. The first-order valence-corrected chi connectivity index (χ1v) is 5.95. The number of hydrogen-bond acceptors (Lipinski definition) is 3. The van der Waals surface area contributed by atoms with Crippen molar-refractivity contribution in [1.29, 1.82) is 0 Å². The lowest BCUT2D eigenvalue weighted by Gasteiger charge is -2.15. The van der Waals surface area contributed by atoms with Gasteiger partial charge in [-0.25, -0.2) is 4.79 Å². The average Bonchev–Trinajstić information content (AvgIpc) is 2.40. The minimum atomic E-state index is -0.932. The third-order valence-corrected chi connectivity index (χ3v) is 2.91. The lowest BCUT2D eigenvalue weighted by molar-refractivity contribution is 0.0697. The second-order valence-electron chi connectivity index (χ2n) is 4.34. The molecule has 19 heavy (non-hydrogen) atoms. The van der Waals surface area contributed by atoms with Gasteiger partial charge in [-0.05, 0) is 48.9 Å². The number of carboxylic acid groups (broad SMARTS) is 1. The van der Waals surface area contributed by atoms with E-state index in [0.717, 1.165) is 11.3 Å². The third kappa shape index (κ3) is 3.25. The summed E-state index contributed by atoms with van der Waals surface area (Å²) in [5, 5.41) is 21.3. The molecule has 0 aliphatic carbocycles. The van der Waals surface area contributed by atoms with Gasteiger partial charge in [0.1, 0.15) is 5.75 Å². The number of phenolic OH excluding ortho intramolecular Hbond substituents is 1. The maximum Gasteiger partial charge on any atom is 0.335 e. The van der Waals surface area contributed by atoms with E-state index in [1.807, 2.05) is 19.1 Å². The predicted octanol–water partition coefficient (Wildman–Crippen LogP) is 3.26. The zero-order chi connectivity index (χ0) is 13.8. The molecule has 0 saturated carbocycles. The van der Waals surface area contributed by atoms with Gasteiger partial charge in [0.2, 0.25) is 0 Å². The monoisotopic (exact) mass is 257 g/mol. The Morgan fingerprint density at radius 3 is 2.16 bits per heavy atom. The summed E-state index contributed by atoms with van der Waals surface area (Å²) >= 11 is 0. The van der Waals surface area contributed by atoms with Crippen molar-refractivity contribution in [3.05, 3.63) is 59.7 Å². The van der Waals surface area contributed by atoms with Crippen LogP contribution in [0.15, 0.2) is 48.5 Å². The largest absolute Gasteiger partial charge is 0.508 e. The van der Waals surface area contributed by atoms with Crippen molar-refractivity contribution in [1.82, 2.24) is 0 Å². The molecule has 0 bridgehead atoms. The number of aromatic hydroxyl groups is 1. The Hall–Kier alpha value is -2.49. The summed E-state index contributed by atoms with van der Waals surface area (Å²) in [6.07, 6.45) is 0. The number of benzene rings is 2. The summed E-state index contributed by atoms with van der Waals surface area (Å²) in [5.41, 5.74) is 2.16. The quantitative estimate of drug-likeness (QED) is 0.786. The van der Waals surface area contributed by atoms with Crippen molar-refractivity contribution in [3.63, 3.8) is 0 Å². The molecule has 0 aliphatic heterocycles. The van der Waals surface area contributed by atoms with Crippen molar-refractivity contribution < 1.29 is 15.0 Å². The van der Waals surface area contributed by atoms with Crippen LogP contribution in [0.5, 0.6) is 5.75 Å². The van der Waals surface area contributed by atoms with Gasteiger partial charge in [-0.3, -0.25) is 0 Å². The number of rotatable bonds is 4. The van der Waals surface area contributed by atoms with Gasteiger partial charge >= 0.3 is 5.97 Å². The van der Waals surface area contributed by atoms with E-state index in [1.54, 1.807) is 36.4 Å². The molecule has 2 aromatic carbocycles. The number of hydrogen-bond donors (Lipinski definition) is 3. The number of anilines is 1. The molecule has 0 radical (unpaired) electrons. The molecule has 1 atom stereocenters. The van der Waals surface area contributed by atoms with E-state index in [-0.39, 0.29) is 17.4 Å². The van der Waals surface area contributed by atoms with Crippen molar-refractivity contribution in [3.8, 4) is 5.75 Å². The summed E-state index contributed by atoms with van der Waals surface area (Å²) < 4.78 is 0. The molecular weight excluding hydrogens is 242 g/mol. The number of nitrogens with one attached hydrogen (secondary N) is 1. The molecule has 0 aliphatic rings. The van der Waals surface area contributed by atoms with E-state index in [9.17, 15) is 9.90 Å². The Bertz CT molecular complexity index is 561. The maximum atomic E-state index is 10.7. The first kappa shape index (κ1) is 13.0. The molecule has 0 saturated heterocycles. The molecule has 4 heteroatoms. The molecule has 2 aromatic rings. The van der Waals surface area contributed by atoms with Crippen molar-refractivity contribution in [2.24, 2.45) is 0 Å². The summed E-state index contributed by atoms with van der Waals surface area (Å²) in [7, 11) is 0. The minimum Gasteiger partial charge on any atom is -0.508 e. The number of phenols is 1. The van der Waals surface area contributed by atoms with Crippen molar-refractivity contribution in [2.75, 3.05) is 5.32 Å². The van der Waals surface area contributed by atoms with Crippen LogP contribution in [-0.2, 0) is 0 Å². The zero-order valence-electron chi connectivity index (χ0n) is 10.5. The van der Waals surface area contributed by atoms with Crippen LogP contribution in [0, 0.1) is 0 Å². The third-order valence-electron chi connectivity index (χ3n) is 2.91. The normalized spacial score (nSPS) is 11.8. The molecular formula is C15H15NO3. The van der Waals surface area contributed by atoms with Crippen LogP contribution in [0.25, 0.3) is 0 Å². The Labute approximate surface area is 111 Å². The first-order valence-electron chi connectivity index (χ1n) is 5.95. The van der Waals surface area contributed by atoms with Crippen LogP contribution < -0.4 is 5.32 Å². The Balaban J connectivity index is 2.08. The number of aromatic carboxylic acids is 1. The molecule has 0 aromatic heterocycles. The topological polar surface area (TPSA) is 69.6 Å². The van der Waals surface area contributed by atoms with Gasteiger partial charge in [-0.2, -0.15) is 0 Å². The first-order chi connectivity index (χ1) is 9.06. The van der Waals surface area contributed by atoms with Gasteiger partial charge in [0.25, 0.3) is 0 Å². The summed E-state index contributed by atoms with van der Waals surface area (Å²) in [6, 6.07) is 13.6. The Morgan fingerprint density at radius 1 is 1.05 bits per heavy atom. The van der Waals surface area contributed by atoms with Gasteiger partial charge in [-0.1, -0.05) is 12.1 Å². The lowest BCUT2D eigenvalue weighted by Crippen LogP contribution is -2.06. The molecule has 0 fully saturated rings. The highest BCUT2D eigenvalue weighted by Crippen LogP contribution is 2.21. The average molecular weight is 257 g/mol. The molecule has 98 valence electrons. The maximum absolute atomic E-state index is 10.7. The number of carboxylic acids is 1. The molecule has 3 N–H and O–H groups in total. The Morgan fingerprint density at radius 2 is 1.63 bits per heavy atom. The van der Waals surface area contributed by atoms with E-state index in [1.165, 1.54) is 0 Å². The van der Waals surface area contributed by atoms with Crippen LogP contribution in [0.3, 0.4) is 0 Å². The fraction of sp³-hybridized carbons (Fsp3) is 0.133. The van der Waals surface area contributed by atoms with Crippen LogP contribution in [0.1, 0.15) is 28.9 Å². The highest BCUT2D eigenvalue weighted by Gasteiger charge is 2.06. The standard InChI is InChI=1S/C15H15NO3/c1-10(11-4-8-14(17)9-5-11)16-13-6-2-12(3-7-13)15(18)19/h2-10,16-17H,1H3,(H,18,19). The molecule has 0 amide bonds. The van der Waals surface area contributed by atoms with E-state index in [2.05, 4.69) is 5.32 Å². The molecule has 4 nitrogen and oxygen atoms in total. The van der Waals surface area contributed by atoms with Gasteiger partial charge in [-0.15, -0.1) is 0 Å². The van der Waals surface area contributed by atoms with Crippen molar-refractivity contribution in [2.45, 2.75) is 13.0 Å². The second kappa shape index (κ2) is 5.44. The van der Waals surface area contributed by atoms with Crippen LogP contribution >= 0.6 is 0 Å². The van der Waals surface area contributed by atoms with Crippen LogP contribution in [0.4, 0.5) is 5.69 Å². The summed E-state index contributed by atoms with van der Waals surface area (Å²) in [4.78, 5) is 10.7. The molecule has 0 heterocycles. The number of carbonyl (C=O) groups is 1. The van der Waals surface area contributed by atoms with E-state index < -0.39 is 5.97 Å². The Kier molecular flexibility index (Phi) is 3.71. The predicted molar refractivity (Wildman–Crippen MR) is 73.5 cm³/mol. The highest BCUT2D eigenvalue weighted by atomic mass is 16.4. The molecule has 2 rings (SSSR count). The van der Waals surface area contributed by atoms with Gasteiger partial charge < -0.3 is 15.5 Å². The van der Waals surface area contributed by atoms with E-state index in [0.29, 0.717) is 0 Å². The van der Waals surface area contributed by atoms with Gasteiger partial charge in [0.05, 0.1) is 5.56 Å². The lowest BCUT2D eigenvalue weighted by atomic mass is 10.1. The highest BCUT2D eigenvalue weighted by molar-refractivity contribution is 5.88. The van der Waals surface area contributed by atoms with E-state index >= 15 is 0 Å². The second-order valence-corrected chi connectivity index (χ2v) is 4.34. The molecule has 1 unspecified atom stereocenters. The van der Waals surface area contributed by atoms with Crippen molar-refractivity contribution >= 4 is 11.7 Å². The fourth-order valence-corrected chi connectivity index (χ4v) is 1.81. The van der Waals surface area contributed by atoms with Crippen LogP contribution in [0.2, 0.25) is 0 Å². The van der Waals surface area contributed by atoms with E-state index in [4.69, 9.17) is 5.11 Å².